The number of rotatable bonds is 3. The van der Waals surface area contributed by atoms with Gasteiger partial charge in [-0.1, -0.05) is 30.3 Å². The van der Waals surface area contributed by atoms with E-state index in [1.807, 2.05) is 18.2 Å². The van der Waals surface area contributed by atoms with E-state index in [1.165, 1.54) is 5.56 Å². The smallest absolute Gasteiger partial charge is 0.404 e. The quantitative estimate of drug-likeness (QED) is 0.718. The van der Waals surface area contributed by atoms with Crippen LogP contribution in [-0.2, 0) is 0 Å². The number of carbonyl (C=O) groups is 1. The van der Waals surface area contributed by atoms with Crippen molar-refractivity contribution in [3.8, 4) is 0 Å². The monoisotopic (exact) mass is 220 g/mol. The summed E-state index contributed by atoms with van der Waals surface area (Å²) in [5, 5.41) is 14.4. The summed E-state index contributed by atoms with van der Waals surface area (Å²) >= 11 is 0. The van der Waals surface area contributed by atoms with Gasteiger partial charge >= 0.3 is 6.09 Å². The van der Waals surface area contributed by atoms with Gasteiger partial charge < -0.3 is 15.7 Å². The highest BCUT2D eigenvalue weighted by Gasteiger charge is 2.28. The molecule has 3 N–H and O–H groups in total. The molecule has 0 aliphatic carbocycles. The van der Waals surface area contributed by atoms with Crippen LogP contribution < -0.4 is 10.6 Å². The summed E-state index contributed by atoms with van der Waals surface area (Å²) in [6.07, 6.45) is -0.946. The Hall–Kier alpha value is -1.55. The van der Waals surface area contributed by atoms with Crippen molar-refractivity contribution in [2.24, 2.45) is 5.92 Å². The van der Waals surface area contributed by atoms with Crippen LogP contribution in [0.1, 0.15) is 11.5 Å². The minimum Gasteiger partial charge on any atom is -0.465 e. The third kappa shape index (κ3) is 2.52. The summed E-state index contributed by atoms with van der Waals surface area (Å²) in [6.45, 7) is 2.32. The third-order valence-electron chi connectivity index (χ3n) is 3.08. The molecule has 4 heteroatoms. The van der Waals surface area contributed by atoms with Gasteiger partial charge in [-0.25, -0.2) is 4.79 Å². The summed E-state index contributed by atoms with van der Waals surface area (Å²) in [6, 6.07) is 10.2. The normalized spacial score (nSPS) is 24.2. The first-order chi connectivity index (χ1) is 7.77. The Balaban J connectivity index is 2.01. The lowest BCUT2D eigenvalue weighted by molar-refractivity contribution is 0.192. The first-order valence-electron chi connectivity index (χ1n) is 5.50. The van der Waals surface area contributed by atoms with E-state index in [2.05, 4.69) is 22.8 Å². The van der Waals surface area contributed by atoms with Gasteiger partial charge in [-0.05, 0) is 11.5 Å². The van der Waals surface area contributed by atoms with E-state index < -0.39 is 6.09 Å². The molecule has 4 nitrogen and oxygen atoms in total. The minimum atomic E-state index is -0.946. The molecule has 86 valence electrons. The second-order valence-corrected chi connectivity index (χ2v) is 4.12. The lowest BCUT2D eigenvalue weighted by Gasteiger charge is -2.18. The molecule has 1 amide bonds. The van der Waals surface area contributed by atoms with Gasteiger partial charge in [-0.15, -0.1) is 0 Å². The van der Waals surface area contributed by atoms with Crippen molar-refractivity contribution in [1.82, 2.24) is 10.6 Å². The summed E-state index contributed by atoms with van der Waals surface area (Å²) < 4.78 is 0. The zero-order chi connectivity index (χ0) is 11.4. The van der Waals surface area contributed by atoms with Crippen molar-refractivity contribution in [2.75, 3.05) is 19.6 Å². The molecular formula is C12H16N2O2. The van der Waals surface area contributed by atoms with E-state index in [4.69, 9.17) is 5.11 Å². The molecule has 0 radical (unpaired) electrons. The summed E-state index contributed by atoms with van der Waals surface area (Å²) in [7, 11) is 0. The lowest BCUT2D eigenvalue weighted by Crippen LogP contribution is -2.30. The van der Waals surface area contributed by atoms with E-state index in [0.29, 0.717) is 18.4 Å². The van der Waals surface area contributed by atoms with Gasteiger partial charge in [0.05, 0.1) is 0 Å². The second kappa shape index (κ2) is 4.99. The fourth-order valence-electron chi connectivity index (χ4n) is 2.26. The molecule has 0 unspecified atom stereocenters. The van der Waals surface area contributed by atoms with Crippen LogP contribution in [-0.4, -0.2) is 30.8 Å². The Morgan fingerprint density at radius 2 is 2.12 bits per heavy atom. The van der Waals surface area contributed by atoms with Gasteiger partial charge in [0.2, 0.25) is 0 Å². The highest BCUT2D eigenvalue weighted by atomic mass is 16.4. The standard InChI is InChI=1S/C12H16N2O2/c15-12(16)14-7-10-6-13-8-11(10)9-4-2-1-3-5-9/h1-5,10-11,13-14H,6-8H2,(H,15,16)/t10-,11+/m0/s1. The van der Waals surface area contributed by atoms with Crippen LogP contribution in [0.3, 0.4) is 0 Å². The maximum Gasteiger partial charge on any atom is 0.404 e. The van der Waals surface area contributed by atoms with Crippen molar-refractivity contribution in [3.05, 3.63) is 35.9 Å². The molecular weight excluding hydrogens is 204 g/mol. The molecule has 1 aliphatic heterocycles. The molecule has 16 heavy (non-hydrogen) atoms. The largest absolute Gasteiger partial charge is 0.465 e. The first-order valence-corrected chi connectivity index (χ1v) is 5.50. The molecule has 0 bridgehead atoms. The summed E-state index contributed by atoms with van der Waals surface area (Å²) in [5.74, 6) is 0.756. The SMILES string of the molecule is O=C(O)NC[C@@H]1CNC[C@@H]1c1ccccc1. The average Bonchev–Trinajstić information content (AvgIpc) is 2.75. The number of benzene rings is 1. The van der Waals surface area contributed by atoms with Gasteiger partial charge in [0.25, 0.3) is 0 Å². The predicted molar refractivity (Wildman–Crippen MR) is 61.6 cm³/mol. The van der Waals surface area contributed by atoms with Crippen molar-refractivity contribution in [2.45, 2.75) is 5.92 Å². The number of nitrogens with one attached hydrogen (secondary N) is 2. The Morgan fingerprint density at radius 3 is 2.81 bits per heavy atom. The van der Waals surface area contributed by atoms with Crippen molar-refractivity contribution in [1.29, 1.82) is 0 Å². The summed E-state index contributed by atoms with van der Waals surface area (Å²) in [5.41, 5.74) is 1.28. The van der Waals surface area contributed by atoms with E-state index >= 15 is 0 Å². The topological polar surface area (TPSA) is 61.4 Å². The van der Waals surface area contributed by atoms with Crippen LogP contribution >= 0.6 is 0 Å². The van der Waals surface area contributed by atoms with Gasteiger partial charge in [-0.3, -0.25) is 0 Å². The average molecular weight is 220 g/mol. The molecule has 0 aromatic heterocycles. The Kier molecular flexibility index (Phi) is 3.41. The number of hydrogen-bond acceptors (Lipinski definition) is 2. The van der Waals surface area contributed by atoms with Crippen molar-refractivity contribution < 1.29 is 9.90 Å². The fraction of sp³-hybridized carbons (Fsp3) is 0.417. The molecule has 1 heterocycles. The van der Waals surface area contributed by atoms with E-state index in [9.17, 15) is 4.79 Å². The van der Waals surface area contributed by atoms with Crippen LogP contribution in [0.2, 0.25) is 0 Å². The Bertz CT molecular complexity index is 353. The molecule has 1 fully saturated rings. The molecule has 1 aromatic rings. The molecule has 0 saturated carbocycles. The van der Waals surface area contributed by atoms with Crippen LogP contribution in [0.25, 0.3) is 0 Å². The zero-order valence-electron chi connectivity index (χ0n) is 9.02. The van der Waals surface area contributed by atoms with Crippen molar-refractivity contribution in [3.63, 3.8) is 0 Å². The number of carboxylic acid groups (broad SMARTS) is 1. The summed E-state index contributed by atoms with van der Waals surface area (Å²) in [4.78, 5) is 10.5. The third-order valence-corrected chi connectivity index (χ3v) is 3.08. The molecule has 2 rings (SSSR count). The van der Waals surface area contributed by atoms with Gasteiger partial charge in [-0.2, -0.15) is 0 Å². The van der Waals surface area contributed by atoms with Crippen LogP contribution in [0.5, 0.6) is 0 Å². The second-order valence-electron chi connectivity index (χ2n) is 4.12. The molecule has 1 aliphatic rings. The van der Waals surface area contributed by atoms with E-state index in [1.54, 1.807) is 0 Å². The van der Waals surface area contributed by atoms with Crippen molar-refractivity contribution >= 4 is 6.09 Å². The highest BCUT2D eigenvalue weighted by Crippen LogP contribution is 2.27. The molecule has 1 aromatic carbocycles. The minimum absolute atomic E-state index is 0.346. The van der Waals surface area contributed by atoms with E-state index in [0.717, 1.165) is 13.1 Å². The Labute approximate surface area is 94.7 Å². The maximum atomic E-state index is 10.5. The van der Waals surface area contributed by atoms with Crippen LogP contribution in [0.15, 0.2) is 30.3 Å². The molecule has 1 saturated heterocycles. The first kappa shape index (κ1) is 11.0. The Morgan fingerprint density at radius 1 is 1.38 bits per heavy atom. The van der Waals surface area contributed by atoms with Gasteiger partial charge in [0.1, 0.15) is 0 Å². The molecule has 0 spiro atoms. The van der Waals surface area contributed by atoms with Gasteiger partial charge in [0, 0.05) is 25.6 Å². The predicted octanol–water partition coefficient (Wildman–Crippen LogP) is 1.26. The van der Waals surface area contributed by atoms with Crippen LogP contribution in [0, 0.1) is 5.92 Å². The number of hydrogen-bond donors (Lipinski definition) is 3. The highest BCUT2D eigenvalue weighted by molar-refractivity contribution is 5.64. The maximum absolute atomic E-state index is 10.5. The number of amides is 1. The van der Waals surface area contributed by atoms with Crippen LogP contribution in [0.4, 0.5) is 4.79 Å². The zero-order valence-corrected chi connectivity index (χ0v) is 9.02. The molecule has 2 atom stereocenters. The van der Waals surface area contributed by atoms with Gasteiger partial charge in [0.15, 0.2) is 0 Å². The van der Waals surface area contributed by atoms with E-state index in [-0.39, 0.29) is 0 Å². The fourth-order valence-corrected chi connectivity index (χ4v) is 2.26. The lowest BCUT2D eigenvalue weighted by atomic mass is 9.89.